The van der Waals surface area contributed by atoms with Gasteiger partial charge in [-0.2, -0.15) is 0 Å². The maximum Gasteiger partial charge on any atom is 0.0348 e. The van der Waals surface area contributed by atoms with Crippen LogP contribution in [0.25, 0.3) is 0 Å². The zero-order chi connectivity index (χ0) is 9.68. The summed E-state index contributed by atoms with van der Waals surface area (Å²) in [4.78, 5) is 2.70. The van der Waals surface area contributed by atoms with Crippen LogP contribution in [0.5, 0.6) is 0 Å². The molecule has 0 aromatic heterocycles. The van der Waals surface area contributed by atoms with E-state index in [0.29, 0.717) is 0 Å². The molecule has 1 aliphatic heterocycles. The molecular formula is C11H24N2. The predicted octanol–water partition coefficient (Wildman–Crippen LogP) is 1.86. The molecule has 1 aliphatic rings. The third kappa shape index (κ3) is 2.68. The molecule has 0 aromatic rings. The normalized spacial score (nSPS) is 18.2. The highest BCUT2D eigenvalue weighted by Crippen LogP contribution is 2.15. The van der Waals surface area contributed by atoms with E-state index in [-0.39, 0.29) is 0 Å². The third-order valence-corrected chi connectivity index (χ3v) is 3.12. The molecule has 0 atom stereocenters. The van der Waals surface area contributed by atoms with Crippen LogP contribution < -0.4 is 5.32 Å². The van der Waals surface area contributed by atoms with Crippen molar-refractivity contribution in [2.45, 2.75) is 52.1 Å². The van der Waals surface area contributed by atoms with Crippen molar-refractivity contribution in [1.29, 1.82) is 0 Å². The molecule has 0 aromatic carbocycles. The van der Waals surface area contributed by atoms with Gasteiger partial charge in [0, 0.05) is 25.2 Å². The molecule has 0 amide bonds. The van der Waals surface area contributed by atoms with Crippen LogP contribution in [0.1, 0.15) is 40.0 Å². The Morgan fingerprint density at radius 1 is 1.23 bits per heavy atom. The summed E-state index contributed by atoms with van der Waals surface area (Å²) in [5.41, 5.74) is 0. The topological polar surface area (TPSA) is 15.3 Å². The molecule has 2 nitrogen and oxygen atoms in total. The largest absolute Gasteiger partial charge is 0.314 e. The van der Waals surface area contributed by atoms with Crippen LogP contribution >= 0.6 is 0 Å². The highest BCUT2D eigenvalue weighted by atomic mass is 15.2. The van der Waals surface area contributed by atoms with Crippen LogP contribution in [0.2, 0.25) is 0 Å². The predicted molar refractivity (Wildman–Crippen MR) is 58.0 cm³/mol. The molecule has 1 fully saturated rings. The first-order chi connectivity index (χ1) is 6.33. The van der Waals surface area contributed by atoms with Gasteiger partial charge in [-0.15, -0.1) is 0 Å². The first-order valence-corrected chi connectivity index (χ1v) is 5.79. The second-order valence-corrected chi connectivity index (χ2v) is 4.02. The maximum atomic E-state index is 3.36. The van der Waals surface area contributed by atoms with E-state index in [9.17, 15) is 0 Å². The van der Waals surface area contributed by atoms with Gasteiger partial charge in [0.05, 0.1) is 0 Å². The maximum absolute atomic E-state index is 3.36. The molecule has 1 N–H and O–H groups in total. The molecule has 0 radical (unpaired) electrons. The van der Waals surface area contributed by atoms with Gasteiger partial charge in [-0.25, -0.2) is 0 Å². The SMILES string of the molecule is CCCN(C(CC)CC)C1CNC1. The van der Waals surface area contributed by atoms with Gasteiger partial charge >= 0.3 is 0 Å². The molecule has 0 aliphatic carbocycles. The minimum atomic E-state index is 0.812. The van der Waals surface area contributed by atoms with Crippen molar-refractivity contribution in [2.75, 3.05) is 19.6 Å². The number of hydrogen-bond acceptors (Lipinski definition) is 2. The lowest BCUT2D eigenvalue weighted by Crippen LogP contribution is -2.59. The van der Waals surface area contributed by atoms with Gasteiger partial charge < -0.3 is 5.32 Å². The highest BCUT2D eigenvalue weighted by molar-refractivity contribution is 4.87. The molecule has 0 saturated carbocycles. The average Bonchev–Trinajstić information content (AvgIpc) is 2.04. The first-order valence-electron chi connectivity index (χ1n) is 5.79. The Hall–Kier alpha value is -0.0800. The standard InChI is InChI=1S/C11H24N2/c1-4-7-13(10(5-2)6-3)11-8-12-9-11/h10-12H,4-9H2,1-3H3. The fourth-order valence-electron chi connectivity index (χ4n) is 2.19. The Bertz CT molecular complexity index is 128. The summed E-state index contributed by atoms with van der Waals surface area (Å²) in [6.07, 6.45) is 3.88. The van der Waals surface area contributed by atoms with Gasteiger partial charge in [0.25, 0.3) is 0 Å². The van der Waals surface area contributed by atoms with Crippen LogP contribution in [0.3, 0.4) is 0 Å². The van der Waals surface area contributed by atoms with Gasteiger partial charge in [0.2, 0.25) is 0 Å². The summed E-state index contributed by atoms with van der Waals surface area (Å²) in [6.45, 7) is 10.6. The number of nitrogens with one attached hydrogen (secondary N) is 1. The van der Waals surface area contributed by atoms with Crippen molar-refractivity contribution in [2.24, 2.45) is 0 Å². The Labute approximate surface area is 82.7 Å². The summed E-state index contributed by atoms with van der Waals surface area (Å²) in [7, 11) is 0. The van der Waals surface area contributed by atoms with Crippen LogP contribution in [0, 0.1) is 0 Å². The van der Waals surface area contributed by atoms with Gasteiger partial charge in [-0.1, -0.05) is 20.8 Å². The summed E-state index contributed by atoms with van der Waals surface area (Å²) in [5.74, 6) is 0. The van der Waals surface area contributed by atoms with E-state index in [0.717, 1.165) is 12.1 Å². The Morgan fingerprint density at radius 3 is 2.15 bits per heavy atom. The lowest BCUT2D eigenvalue weighted by molar-refractivity contribution is 0.0895. The van der Waals surface area contributed by atoms with E-state index in [1.165, 1.54) is 38.9 Å². The monoisotopic (exact) mass is 184 g/mol. The average molecular weight is 184 g/mol. The molecular weight excluding hydrogens is 160 g/mol. The quantitative estimate of drug-likeness (QED) is 0.678. The zero-order valence-electron chi connectivity index (χ0n) is 9.34. The minimum Gasteiger partial charge on any atom is -0.314 e. The number of rotatable bonds is 6. The molecule has 13 heavy (non-hydrogen) atoms. The molecule has 78 valence electrons. The van der Waals surface area contributed by atoms with E-state index < -0.39 is 0 Å². The highest BCUT2D eigenvalue weighted by Gasteiger charge is 2.27. The van der Waals surface area contributed by atoms with E-state index in [1.54, 1.807) is 0 Å². The van der Waals surface area contributed by atoms with E-state index in [1.807, 2.05) is 0 Å². The molecule has 0 bridgehead atoms. The van der Waals surface area contributed by atoms with E-state index in [2.05, 4.69) is 31.0 Å². The number of nitrogens with zero attached hydrogens (tertiary/aromatic N) is 1. The smallest absolute Gasteiger partial charge is 0.0348 e. The third-order valence-electron chi connectivity index (χ3n) is 3.12. The van der Waals surface area contributed by atoms with Gasteiger partial charge in [-0.3, -0.25) is 4.90 Å². The van der Waals surface area contributed by atoms with Crippen LogP contribution in [0.15, 0.2) is 0 Å². The fraction of sp³-hybridized carbons (Fsp3) is 1.00. The van der Waals surface area contributed by atoms with E-state index in [4.69, 9.17) is 0 Å². The summed E-state index contributed by atoms with van der Waals surface area (Å²) in [5, 5.41) is 3.36. The van der Waals surface area contributed by atoms with Crippen molar-refractivity contribution in [3.8, 4) is 0 Å². The summed E-state index contributed by atoms with van der Waals surface area (Å²) < 4.78 is 0. The van der Waals surface area contributed by atoms with Crippen LogP contribution in [-0.2, 0) is 0 Å². The lowest BCUT2D eigenvalue weighted by Gasteiger charge is -2.42. The fourth-order valence-corrected chi connectivity index (χ4v) is 2.19. The number of hydrogen-bond donors (Lipinski definition) is 1. The van der Waals surface area contributed by atoms with Crippen molar-refractivity contribution in [1.82, 2.24) is 10.2 Å². The van der Waals surface area contributed by atoms with Gasteiger partial charge in [0.15, 0.2) is 0 Å². The summed E-state index contributed by atoms with van der Waals surface area (Å²) in [6, 6.07) is 1.64. The van der Waals surface area contributed by atoms with Crippen molar-refractivity contribution in [3.63, 3.8) is 0 Å². The lowest BCUT2D eigenvalue weighted by atomic mass is 10.0. The second kappa shape index (κ2) is 5.61. The zero-order valence-corrected chi connectivity index (χ0v) is 9.34. The Morgan fingerprint density at radius 2 is 1.85 bits per heavy atom. The molecule has 1 saturated heterocycles. The molecule has 1 rings (SSSR count). The Kier molecular flexibility index (Phi) is 4.74. The van der Waals surface area contributed by atoms with Crippen LogP contribution in [-0.4, -0.2) is 36.6 Å². The first kappa shape index (κ1) is 11.0. The molecule has 0 unspecified atom stereocenters. The Balaban J connectivity index is 2.43. The molecule has 2 heteroatoms. The van der Waals surface area contributed by atoms with Gasteiger partial charge in [-0.05, 0) is 25.8 Å². The van der Waals surface area contributed by atoms with Gasteiger partial charge in [0.1, 0.15) is 0 Å². The molecule has 1 heterocycles. The molecule has 0 spiro atoms. The van der Waals surface area contributed by atoms with Crippen molar-refractivity contribution in [3.05, 3.63) is 0 Å². The van der Waals surface area contributed by atoms with Crippen LogP contribution in [0.4, 0.5) is 0 Å². The van der Waals surface area contributed by atoms with Crippen molar-refractivity contribution < 1.29 is 0 Å². The second-order valence-electron chi connectivity index (χ2n) is 4.02. The van der Waals surface area contributed by atoms with E-state index >= 15 is 0 Å². The summed E-state index contributed by atoms with van der Waals surface area (Å²) >= 11 is 0. The minimum absolute atomic E-state index is 0.812. The van der Waals surface area contributed by atoms with Crippen molar-refractivity contribution >= 4 is 0 Å².